The van der Waals surface area contributed by atoms with Crippen molar-refractivity contribution < 1.29 is 33.1 Å². The second kappa shape index (κ2) is 15.5. The van der Waals surface area contributed by atoms with E-state index < -0.39 is 29.0 Å². The summed E-state index contributed by atoms with van der Waals surface area (Å²) in [5.41, 5.74) is 6.89. The first kappa shape index (κ1) is 34.0. The van der Waals surface area contributed by atoms with Crippen molar-refractivity contribution in [1.82, 2.24) is 9.99 Å². The Morgan fingerprint density at radius 3 is 2.37 bits per heavy atom. The van der Waals surface area contributed by atoms with Gasteiger partial charge >= 0.3 is 11.6 Å². The van der Waals surface area contributed by atoms with E-state index in [2.05, 4.69) is 32.5 Å². The fourth-order valence-corrected chi connectivity index (χ4v) is 4.98. The molecule has 0 atom stereocenters. The first-order valence-electron chi connectivity index (χ1n) is 15.4. The Morgan fingerprint density at radius 2 is 1.67 bits per heavy atom. The van der Waals surface area contributed by atoms with Gasteiger partial charge in [-0.15, -0.1) is 0 Å². The van der Waals surface area contributed by atoms with Crippen LogP contribution >= 0.6 is 0 Å². The molecule has 0 saturated heterocycles. The Bertz CT molecular complexity index is 1980. The summed E-state index contributed by atoms with van der Waals surface area (Å²) >= 11 is 0. The Hall–Kier alpha value is -6.37. The second-order valence-electron chi connectivity index (χ2n) is 10.9. The van der Waals surface area contributed by atoms with Crippen molar-refractivity contribution in [3.63, 3.8) is 0 Å². The molecule has 2 aromatic heterocycles. The topological polar surface area (TPSA) is 159 Å². The van der Waals surface area contributed by atoms with Gasteiger partial charge in [-0.3, -0.25) is 19.7 Å². The number of benzene rings is 3. The van der Waals surface area contributed by atoms with Crippen LogP contribution in [-0.4, -0.2) is 40.7 Å². The van der Waals surface area contributed by atoms with Crippen LogP contribution in [0, 0.1) is 30.9 Å². The highest BCUT2D eigenvalue weighted by molar-refractivity contribution is 5.93. The van der Waals surface area contributed by atoms with E-state index in [-0.39, 0.29) is 36.0 Å². The van der Waals surface area contributed by atoms with Crippen LogP contribution in [0.3, 0.4) is 0 Å². The molecule has 0 bridgehead atoms. The zero-order valence-corrected chi connectivity index (χ0v) is 27.4. The second-order valence-corrected chi connectivity index (χ2v) is 10.9. The monoisotopic (exact) mass is 665 g/mol. The number of nitro groups is 1. The van der Waals surface area contributed by atoms with Gasteiger partial charge in [0.1, 0.15) is 18.1 Å². The predicted molar refractivity (Wildman–Crippen MR) is 183 cm³/mol. The van der Waals surface area contributed by atoms with Crippen LogP contribution in [0.4, 0.5) is 11.4 Å². The summed E-state index contributed by atoms with van der Waals surface area (Å²) in [7, 11) is 0. The number of nitro benzene ring substituents is 1. The molecule has 5 rings (SSSR count). The fourth-order valence-electron chi connectivity index (χ4n) is 4.98. The van der Waals surface area contributed by atoms with Crippen molar-refractivity contribution in [2.45, 2.75) is 34.3 Å². The van der Waals surface area contributed by atoms with Gasteiger partial charge in [0, 0.05) is 34.4 Å². The van der Waals surface area contributed by atoms with Crippen molar-refractivity contribution in [3.8, 4) is 22.9 Å². The average Bonchev–Trinajstić information content (AvgIpc) is 3.70. The molecule has 2 heterocycles. The van der Waals surface area contributed by atoms with Gasteiger partial charge in [-0.05, 0) is 93.9 Å². The quantitative estimate of drug-likeness (QED) is 0.0757. The van der Waals surface area contributed by atoms with Gasteiger partial charge in [0.2, 0.25) is 5.75 Å². The number of amides is 2. The molecule has 5 aromatic rings. The van der Waals surface area contributed by atoms with Gasteiger partial charge < -0.3 is 28.5 Å². The number of nitrogens with one attached hydrogen (secondary N) is 2. The molecule has 49 heavy (non-hydrogen) atoms. The number of ether oxygens (including phenoxy) is 3. The lowest BCUT2D eigenvalue weighted by atomic mass is 10.2. The minimum atomic E-state index is -0.655. The molecule has 0 fully saturated rings. The van der Waals surface area contributed by atoms with E-state index in [1.807, 2.05) is 57.2 Å². The summed E-state index contributed by atoms with van der Waals surface area (Å²) in [5.74, 6) is -0.244. The standard InChI is InChI=1S/C36H35N5O8/c1-5-46-33-19-26(18-31(41(44)45)35(33)48-22-34(42)38-30-9-7-6-8-23(30)2)20-37-39-36(43)32-17-16-29(49-32)21-47-28-14-12-27(13-15-28)40-24(3)10-11-25(40)4/h6-20H,5,21-22H2,1-4H3,(H,38,42)(H,39,43)/b37-20+. The van der Waals surface area contributed by atoms with Gasteiger partial charge in [-0.25, -0.2) is 5.43 Å². The predicted octanol–water partition coefficient (Wildman–Crippen LogP) is 6.66. The van der Waals surface area contributed by atoms with E-state index in [0.717, 1.165) is 22.6 Å². The molecule has 13 heteroatoms. The van der Waals surface area contributed by atoms with Gasteiger partial charge in [-0.2, -0.15) is 5.10 Å². The largest absolute Gasteiger partial charge is 0.490 e. The third-order valence-electron chi connectivity index (χ3n) is 7.33. The molecular formula is C36H35N5O8. The molecule has 0 aliphatic carbocycles. The molecule has 2 N–H and O–H groups in total. The number of para-hydroxylation sites is 1. The summed E-state index contributed by atoms with van der Waals surface area (Å²) in [6, 6.07) is 24.7. The van der Waals surface area contributed by atoms with Crippen LogP contribution in [0.5, 0.6) is 17.2 Å². The van der Waals surface area contributed by atoms with Crippen molar-refractivity contribution in [1.29, 1.82) is 0 Å². The van der Waals surface area contributed by atoms with Gasteiger partial charge in [0.15, 0.2) is 18.1 Å². The van der Waals surface area contributed by atoms with E-state index in [4.69, 9.17) is 18.6 Å². The SMILES string of the molecule is CCOc1cc(/C=N/NC(=O)c2ccc(COc3ccc(-n4c(C)ccc4C)cc3)o2)cc([N+](=O)[O-])c1OCC(=O)Nc1ccccc1C. The molecular weight excluding hydrogens is 630 g/mol. The van der Waals surface area contributed by atoms with Crippen LogP contribution < -0.4 is 25.0 Å². The molecule has 13 nitrogen and oxygen atoms in total. The number of aryl methyl sites for hydroxylation is 3. The fraction of sp³-hybridized carbons (Fsp3) is 0.194. The number of furan rings is 1. The zero-order valence-electron chi connectivity index (χ0n) is 27.4. The summed E-state index contributed by atoms with van der Waals surface area (Å²) in [5, 5.41) is 18.6. The van der Waals surface area contributed by atoms with Gasteiger partial charge in [-0.1, -0.05) is 18.2 Å². The smallest absolute Gasteiger partial charge is 0.315 e. The summed E-state index contributed by atoms with van der Waals surface area (Å²) in [4.78, 5) is 36.5. The highest BCUT2D eigenvalue weighted by Gasteiger charge is 2.24. The first-order valence-corrected chi connectivity index (χ1v) is 15.4. The number of aromatic nitrogens is 1. The zero-order chi connectivity index (χ0) is 34.9. The molecule has 0 radical (unpaired) electrons. The molecule has 0 aliphatic heterocycles. The van der Waals surface area contributed by atoms with E-state index in [0.29, 0.717) is 17.2 Å². The average molecular weight is 666 g/mol. The van der Waals surface area contributed by atoms with E-state index in [1.54, 1.807) is 25.1 Å². The summed E-state index contributed by atoms with van der Waals surface area (Å²) < 4.78 is 24.7. The Balaban J connectivity index is 1.19. The van der Waals surface area contributed by atoms with Crippen LogP contribution in [0.2, 0.25) is 0 Å². The minimum absolute atomic E-state index is 0.00152. The Kier molecular flexibility index (Phi) is 10.7. The maximum atomic E-state index is 12.7. The summed E-state index contributed by atoms with van der Waals surface area (Å²) in [6.07, 6.45) is 1.22. The third-order valence-corrected chi connectivity index (χ3v) is 7.33. The lowest BCUT2D eigenvalue weighted by molar-refractivity contribution is -0.385. The van der Waals surface area contributed by atoms with Crippen molar-refractivity contribution >= 4 is 29.4 Å². The molecule has 3 aromatic carbocycles. The normalized spacial score (nSPS) is 10.9. The van der Waals surface area contributed by atoms with Crippen LogP contribution in [0.25, 0.3) is 5.69 Å². The molecule has 2 amide bonds. The molecule has 0 aliphatic rings. The Labute approximate surface area is 282 Å². The molecule has 252 valence electrons. The number of hydrogen-bond donors (Lipinski definition) is 2. The Morgan fingerprint density at radius 1 is 0.939 bits per heavy atom. The third kappa shape index (κ3) is 8.51. The van der Waals surface area contributed by atoms with Crippen LogP contribution in [0.15, 0.2) is 94.4 Å². The van der Waals surface area contributed by atoms with Gasteiger partial charge in [0.25, 0.3) is 5.91 Å². The molecule has 0 saturated carbocycles. The maximum absolute atomic E-state index is 12.7. The number of carbonyl (C=O) groups excluding carboxylic acids is 2. The number of nitrogens with zero attached hydrogens (tertiary/aromatic N) is 3. The van der Waals surface area contributed by atoms with Crippen molar-refractivity contribution in [2.75, 3.05) is 18.5 Å². The molecule has 0 unspecified atom stereocenters. The highest BCUT2D eigenvalue weighted by Crippen LogP contribution is 2.38. The highest BCUT2D eigenvalue weighted by atomic mass is 16.6. The lowest BCUT2D eigenvalue weighted by Gasteiger charge is -2.13. The lowest BCUT2D eigenvalue weighted by Crippen LogP contribution is -2.21. The first-order chi connectivity index (χ1) is 23.6. The number of carbonyl (C=O) groups is 2. The van der Waals surface area contributed by atoms with Crippen LogP contribution in [0.1, 0.15) is 45.8 Å². The summed E-state index contributed by atoms with van der Waals surface area (Å²) in [6.45, 7) is 7.41. The number of rotatable bonds is 14. The molecule has 0 spiro atoms. The minimum Gasteiger partial charge on any atom is -0.490 e. The number of anilines is 1. The van der Waals surface area contributed by atoms with Crippen molar-refractivity contribution in [3.05, 3.63) is 129 Å². The van der Waals surface area contributed by atoms with E-state index >= 15 is 0 Å². The number of hydrazone groups is 1. The van der Waals surface area contributed by atoms with Crippen molar-refractivity contribution in [2.24, 2.45) is 5.10 Å². The van der Waals surface area contributed by atoms with E-state index in [1.165, 1.54) is 24.4 Å². The van der Waals surface area contributed by atoms with Gasteiger partial charge in [0.05, 0.1) is 17.7 Å². The maximum Gasteiger partial charge on any atom is 0.315 e. The number of hydrogen-bond acceptors (Lipinski definition) is 9. The van der Waals surface area contributed by atoms with E-state index in [9.17, 15) is 19.7 Å². The van der Waals surface area contributed by atoms with Crippen LogP contribution in [-0.2, 0) is 11.4 Å².